The Balaban J connectivity index is 1.95. The lowest BCUT2D eigenvalue weighted by atomic mass is 10.0. The zero-order chi connectivity index (χ0) is 15.9. The molecule has 0 fully saturated rings. The molecule has 1 heterocycles. The summed E-state index contributed by atoms with van der Waals surface area (Å²) in [6.07, 6.45) is 2.77. The van der Waals surface area contributed by atoms with Crippen LogP contribution in [0.3, 0.4) is 0 Å². The molecule has 1 aromatic carbocycles. The maximum absolute atomic E-state index is 5.20. The van der Waals surface area contributed by atoms with Crippen LogP contribution in [0.4, 0.5) is 5.82 Å². The molecule has 2 rings (SSSR count). The predicted molar refractivity (Wildman–Crippen MR) is 94.6 cm³/mol. The molecule has 1 unspecified atom stereocenters. The lowest BCUT2D eigenvalue weighted by Crippen LogP contribution is -2.36. The van der Waals surface area contributed by atoms with Gasteiger partial charge in [-0.05, 0) is 66.3 Å². The second-order valence-electron chi connectivity index (χ2n) is 5.41. The summed E-state index contributed by atoms with van der Waals surface area (Å²) in [4.78, 5) is 6.58. The minimum Gasteiger partial charge on any atom is -0.497 e. The number of nitrogens with zero attached hydrogens (tertiary/aromatic N) is 2. The van der Waals surface area contributed by atoms with Crippen LogP contribution in [0.25, 0.3) is 0 Å². The van der Waals surface area contributed by atoms with Gasteiger partial charge >= 0.3 is 0 Å². The molecule has 0 saturated carbocycles. The van der Waals surface area contributed by atoms with Crippen LogP contribution < -0.4 is 10.1 Å². The number of ether oxygens (including phenoxy) is 1. The zero-order valence-corrected chi connectivity index (χ0v) is 14.8. The van der Waals surface area contributed by atoms with Crippen LogP contribution in [-0.4, -0.2) is 43.7 Å². The molecule has 5 heteroatoms. The summed E-state index contributed by atoms with van der Waals surface area (Å²) in [5.74, 6) is 1.78. The summed E-state index contributed by atoms with van der Waals surface area (Å²) < 4.78 is 6.19. The Kier molecular flexibility index (Phi) is 6.21. The van der Waals surface area contributed by atoms with Crippen molar-refractivity contribution in [3.63, 3.8) is 0 Å². The third-order valence-corrected chi connectivity index (χ3v) is 4.08. The van der Waals surface area contributed by atoms with Crippen molar-refractivity contribution in [2.24, 2.45) is 0 Å². The van der Waals surface area contributed by atoms with Gasteiger partial charge in [-0.2, -0.15) is 0 Å². The van der Waals surface area contributed by atoms with Crippen molar-refractivity contribution < 1.29 is 4.74 Å². The van der Waals surface area contributed by atoms with Crippen molar-refractivity contribution in [3.05, 3.63) is 52.6 Å². The molecule has 1 atom stereocenters. The Morgan fingerprint density at radius 3 is 2.45 bits per heavy atom. The maximum atomic E-state index is 5.20. The summed E-state index contributed by atoms with van der Waals surface area (Å²) in [5.41, 5.74) is 1.30. The number of anilines is 1. The number of halogens is 1. The molecule has 22 heavy (non-hydrogen) atoms. The minimum absolute atomic E-state index is 0.388. The molecule has 1 aromatic heterocycles. The van der Waals surface area contributed by atoms with Crippen LogP contribution in [0.15, 0.2) is 47.1 Å². The fourth-order valence-electron chi connectivity index (χ4n) is 2.17. The number of pyridine rings is 1. The Bertz CT molecular complexity index is 569. The van der Waals surface area contributed by atoms with Gasteiger partial charge < -0.3 is 15.0 Å². The molecule has 0 radical (unpaired) electrons. The normalized spacial score (nSPS) is 12.2. The smallest absolute Gasteiger partial charge is 0.126 e. The number of rotatable bonds is 7. The Labute approximate surface area is 140 Å². The van der Waals surface area contributed by atoms with Gasteiger partial charge in [0.1, 0.15) is 11.6 Å². The van der Waals surface area contributed by atoms with E-state index in [1.165, 1.54) is 5.56 Å². The molecule has 1 N–H and O–H groups in total. The largest absolute Gasteiger partial charge is 0.497 e. The molecule has 0 aliphatic carbocycles. The number of nitrogens with one attached hydrogen (secondary N) is 1. The number of aromatic nitrogens is 1. The highest BCUT2D eigenvalue weighted by Gasteiger charge is 2.12. The third-order valence-electron chi connectivity index (χ3n) is 3.61. The Morgan fingerprint density at radius 1 is 1.18 bits per heavy atom. The topological polar surface area (TPSA) is 37.4 Å². The number of likely N-dealkylation sites (N-methyl/N-ethyl adjacent to an activating group) is 1. The van der Waals surface area contributed by atoms with Crippen LogP contribution in [0.5, 0.6) is 5.75 Å². The van der Waals surface area contributed by atoms with Crippen molar-refractivity contribution in [3.8, 4) is 5.75 Å². The molecule has 118 valence electrons. The summed E-state index contributed by atoms with van der Waals surface area (Å²) >= 11 is 3.40. The van der Waals surface area contributed by atoms with Gasteiger partial charge in [-0.15, -0.1) is 0 Å². The number of methoxy groups -OCH3 is 1. The van der Waals surface area contributed by atoms with Gasteiger partial charge in [0.25, 0.3) is 0 Å². The van der Waals surface area contributed by atoms with E-state index in [1.54, 1.807) is 13.3 Å². The highest BCUT2D eigenvalue weighted by atomic mass is 79.9. The Hall–Kier alpha value is -1.59. The molecule has 0 saturated heterocycles. The Morgan fingerprint density at radius 2 is 1.91 bits per heavy atom. The van der Waals surface area contributed by atoms with Crippen LogP contribution in [0.1, 0.15) is 5.56 Å². The lowest BCUT2D eigenvalue weighted by molar-refractivity contribution is 0.303. The molecule has 0 bridgehead atoms. The first-order valence-corrected chi connectivity index (χ1v) is 8.02. The second-order valence-corrected chi connectivity index (χ2v) is 6.33. The standard InChI is InChI=1S/C17H22BrN3O/c1-21(2)15(10-13-4-7-16(22-3)8-5-13)12-20-17-9-6-14(18)11-19-17/h4-9,11,15H,10,12H2,1-3H3,(H,19,20). The van der Waals surface area contributed by atoms with Crippen LogP contribution >= 0.6 is 15.9 Å². The van der Waals surface area contributed by atoms with E-state index < -0.39 is 0 Å². The van der Waals surface area contributed by atoms with E-state index in [4.69, 9.17) is 4.74 Å². The summed E-state index contributed by atoms with van der Waals surface area (Å²) in [5, 5.41) is 3.40. The average Bonchev–Trinajstić information content (AvgIpc) is 2.53. The second kappa shape index (κ2) is 8.15. The van der Waals surface area contributed by atoms with E-state index in [2.05, 4.69) is 57.4 Å². The van der Waals surface area contributed by atoms with Gasteiger partial charge in [-0.25, -0.2) is 4.98 Å². The highest BCUT2D eigenvalue weighted by molar-refractivity contribution is 9.10. The van der Waals surface area contributed by atoms with Crippen LogP contribution in [0.2, 0.25) is 0 Å². The zero-order valence-electron chi connectivity index (χ0n) is 13.2. The molecule has 2 aromatic rings. The molecule has 0 aliphatic heterocycles. The summed E-state index contributed by atoms with van der Waals surface area (Å²) in [7, 11) is 5.89. The number of benzene rings is 1. The first-order chi connectivity index (χ1) is 10.6. The quantitative estimate of drug-likeness (QED) is 0.817. The van der Waals surface area contributed by atoms with Gasteiger partial charge in [-0.3, -0.25) is 0 Å². The fraction of sp³-hybridized carbons (Fsp3) is 0.353. The van der Waals surface area contributed by atoms with Gasteiger partial charge in [0.15, 0.2) is 0 Å². The molecule has 0 aliphatic rings. The van der Waals surface area contributed by atoms with Gasteiger partial charge in [-0.1, -0.05) is 12.1 Å². The van der Waals surface area contributed by atoms with E-state index >= 15 is 0 Å². The predicted octanol–water partition coefficient (Wildman–Crippen LogP) is 3.44. The first kappa shape index (κ1) is 16.8. The SMILES string of the molecule is COc1ccc(CC(CNc2ccc(Br)cn2)N(C)C)cc1. The molecule has 0 amide bonds. The van der Waals surface area contributed by atoms with Gasteiger partial charge in [0, 0.05) is 23.3 Å². The van der Waals surface area contributed by atoms with E-state index in [0.717, 1.165) is 29.0 Å². The third kappa shape index (κ3) is 5.00. The van der Waals surface area contributed by atoms with Crippen molar-refractivity contribution in [2.75, 3.05) is 33.1 Å². The monoisotopic (exact) mass is 363 g/mol. The van der Waals surface area contributed by atoms with E-state index in [0.29, 0.717) is 6.04 Å². The van der Waals surface area contributed by atoms with Gasteiger partial charge in [0.2, 0.25) is 0 Å². The van der Waals surface area contributed by atoms with Crippen LogP contribution in [-0.2, 0) is 6.42 Å². The van der Waals surface area contributed by atoms with Crippen molar-refractivity contribution >= 4 is 21.7 Å². The average molecular weight is 364 g/mol. The summed E-state index contributed by atoms with van der Waals surface area (Å²) in [6, 6.07) is 12.6. The molecule has 4 nitrogen and oxygen atoms in total. The maximum Gasteiger partial charge on any atom is 0.126 e. The molecular weight excluding hydrogens is 342 g/mol. The van der Waals surface area contributed by atoms with Crippen molar-refractivity contribution in [1.82, 2.24) is 9.88 Å². The highest BCUT2D eigenvalue weighted by Crippen LogP contribution is 2.15. The number of hydrogen-bond acceptors (Lipinski definition) is 4. The fourth-order valence-corrected chi connectivity index (χ4v) is 2.41. The van der Waals surface area contributed by atoms with Gasteiger partial charge in [0.05, 0.1) is 7.11 Å². The lowest BCUT2D eigenvalue weighted by Gasteiger charge is -2.25. The van der Waals surface area contributed by atoms with Crippen molar-refractivity contribution in [2.45, 2.75) is 12.5 Å². The number of hydrogen-bond donors (Lipinski definition) is 1. The van der Waals surface area contributed by atoms with E-state index in [1.807, 2.05) is 24.3 Å². The minimum atomic E-state index is 0.388. The summed E-state index contributed by atoms with van der Waals surface area (Å²) in [6.45, 7) is 0.841. The van der Waals surface area contributed by atoms with E-state index in [-0.39, 0.29) is 0 Å². The van der Waals surface area contributed by atoms with E-state index in [9.17, 15) is 0 Å². The first-order valence-electron chi connectivity index (χ1n) is 7.23. The molecular formula is C17H22BrN3O. The molecule has 0 spiro atoms. The van der Waals surface area contributed by atoms with Crippen molar-refractivity contribution in [1.29, 1.82) is 0 Å². The van der Waals surface area contributed by atoms with Crippen LogP contribution in [0, 0.1) is 0 Å².